The van der Waals surface area contributed by atoms with E-state index in [1.165, 1.54) is 11.8 Å². The fourth-order valence-electron chi connectivity index (χ4n) is 1.48. The fraction of sp³-hybridized carbons (Fsp3) is 0.462. The van der Waals surface area contributed by atoms with Gasteiger partial charge in [0.2, 0.25) is 5.91 Å². The maximum absolute atomic E-state index is 11.9. The Bertz CT molecular complexity index is 383. The quantitative estimate of drug-likeness (QED) is 0.874. The van der Waals surface area contributed by atoms with Crippen LogP contribution in [0.15, 0.2) is 24.3 Å². The van der Waals surface area contributed by atoms with Crippen molar-refractivity contribution in [3.63, 3.8) is 0 Å². The van der Waals surface area contributed by atoms with Crippen LogP contribution in [0.1, 0.15) is 18.5 Å². The third-order valence-corrected chi connectivity index (χ3v) is 3.82. The number of nitrogens with one attached hydrogen (secondary N) is 1. The molecule has 0 unspecified atom stereocenters. The molecule has 1 amide bonds. The fourth-order valence-corrected chi connectivity index (χ4v) is 1.89. The lowest BCUT2D eigenvalue weighted by molar-refractivity contribution is -0.121. The summed E-state index contributed by atoms with van der Waals surface area (Å²) in [5.41, 5.74) is 0.989. The van der Waals surface area contributed by atoms with Gasteiger partial charge < -0.3 is 10.1 Å². The molecule has 0 saturated heterocycles. The first-order valence-corrected chi connectivity index (χ1v) is 7.32. The topological polar surface area (TPSA) is 38.3 Å². The number of carbonyl (C=O) groups is 1. The van der Waals surface area contributed by atoms with Crippen molar-refractivity contribution >= 4 is 29.3 Å². The van der Waals surface area contributed by atoms with E-state index in [9.17, 15) is 4.79 Å². The first kappa shape index (κ1) is 15.3. The molecule has 2 atom stereocenters. The second-order valence-electron chi connectivity index (χ2n) is 3.95. The normalized spacial score (nSPS) is 14.0. The lowest BCUT2D eigenvalue weighted by Crippen LogP contribution is -2.36. The maximum atomic E-state index is 11.9. The first-order valence-electron chi connectivity index (χ1n) is 5.66. The Hall–Kier alpha value is -0.710. The molecule has 1 aromatic rings. The zero-order valence-electron chi connectivity index (χ0n) is 10.8. The Morgan fingerprint density at radius 2 is 2.06 bits per heavy atom. The molecule has 100 valence electrons. The van der Waals surface area contributed by atoms with E-state index in [1.54, 1.807) is 7.11 Å². The highest BCUT2D eigenvalue weighted by molar-refractivity contribution is 7.99. The van der Waals surface area contributed by atoms with Crippen LogP contribution in [0.2, 0.25) is 5.02 Å². The van der Waals surface area contributed by atoms with Gasteiger partial charge in [-0.3, -0.25) is 4.79 Å². The van der Waals surface area contributed by atoms with Crippen molar-refractivity contribution in [3.8, 4) is 0 Å². The second kappa shape index (κ2) is 7.67. The summed E-state index contributed by atoms with van der Waals surface area (Å²) in [6.45, 7) is 2.32. The van der Waals surface area contributed by atoms with Crippen LogP contribution in [0, 0.1) is 0 Å². The van der Waals surface area contributed by atoms with Crippen LogP contribution >= 0.6 is 23.4 Å². The predicted molar refractivity (Wildman–Crippen MR) is 77.2 cm³/mol. The molecule has 1 aromatic carbocycles. The zero-order valence-corrected chi connectivity index (χ0v) is 12.3. The molecule has 0 aliphatic rings. The lowest BCUT2D eigenvalue weighted by Gasteiger charge is -2.20. The van der Waals surface area contributed by atoms with E-state index in [0.29, 0.717) is 11.6 Å². The summed E-state index contributed by atoms with van der Waals surface area (Å²) in [4.78, 5) is 11.9. The van der Waals surface area contributed by atoms with Gasteiger partial charge in [0.1, 0.15) is 0 Å². The Morgan fingerprint density at radius 3 is 2.56 bits per heavy atom. The van der Waals surface area contributed by atoms with Gasteiger partial charge in [-0.25, -0.2) is 0 Å². The lowest BCUT2D eigenvalue weighted by atomic mass is 10.1. The average molecular weight is 288 g/mol. The largest absolute Gasteiger partial charge is 0.382 e. The number of halogens is 1. The van der Waals surface area contributed by atoms with Crippen LogP contribution in [0.5, 0.6) is 0 Å². The number of thioether (sulfide) groups is 1. The third-order valence-electron chi connectivity index (χ3n) is 2.64. The molecule has 5 heteroatoms. The molecular formula is C13H18ClNO2S. The van der Waals surface area contributed by atoms with Crippen molar-refractivity contribution in [2.45, 2.75) is 18.2 Å². The van der Waals surface area contributed by atoms with E-state index in [2.05, 4.69) is 5.32 Å². The Labute approximate surface area is 117 Å². The number of hydrogen-bond acceptors (Lipinski definition) is 3. The van der Waals surface area contributed by atoms with Crippen LogP contribution in [0.3, 0.4) is 0 Å². The molecule has 1 N–H and O–H groups in total. The second-order valence-corrected chi connectivity index (χ2v) is 5.56. The smallest absolute Gasteiger partial charge is 0.233 e. The molecule has 0 heterocycles. The minimum Gasteiger partial charge on any atom is -0.382 e. The van der Waals surface area contributed by atoms with Crippen molar-refractivity contribution in [2.24, 2.45) is 0 Å². The number of rotatable bonds is 6. The van der Waals surface area contributed by atoms with Crippen molar-refractivity contribution in [1.29, 1.82) is 0 Å². The van der Waals surface area contributed by atoms with Crippen molar-refractivity contribution in [2.75, 3.05) is 20.0 Å². The molecule has 0 spiro atoms. The average Bonchev–Trinajstić information content (AvgIpc) is 2.38. The Balaban J connectivity index is 2.76. The third kappa shape index (κ3) is 4.52. The summed E-state index contributed by atoms with van der Waals surface area (Å²) >= 11 is 7.37. The van der Waals surface area contributed by atoms with Crippen LogP contribution < -0.4 is 5.32 Å². The maximum Gasteiger partial charge on any atom is 0.233 e. The standard InChI is InChI=1S/C13H18ClNO2S/c1-9(18-3)13(16)15-12(8-17-2)10-4-6-11(14)7-5-10/h4-7,9,12H,8H2,1-3H3,(H,15,16)/t9-,12+/m1/s1. The summed E-state index contributed by atoms with van der Waals surface area (Å²) in [5.74, 6) is 0.0134. The van der Waals surface area contributed by atoms with E-state index in [1.807, 2.05) is 37.4 Å². The molecule has 0 aliphatic heterocycles. The van der Waals surface area contributed by atoms with Crippen LogP contribution in [0.4, 0.5) is 0 Å². The minimum absolute atomic E-state index is 0.0134. The monoisotopic (exact) mass is 287 g/mol. The minimum atomic E-state index is -0.144. The molecule has 0 aliphatic carbocycles. The molecular weight excluding hydrogens is 270 g/mol. The number of carbonyl (C=O) groups excluding carboxylic acids is 1. The number of benzene rings is 1. The van der Waals surface area contributed by atoms with Gasteiger partial charge in [-0.05, 0) is 30.9 Å². The molecule has 0 radical (unpaired) electrons. The predicted octanol–water partition coefficient (Wildman–Crippen LogP) is 2.90. The van der Waals surface area contributed by atoms with Crippen LogP contribution in [-0.2, 0) is 9.53 Å². The van der Waals surface area contributed by atoms with E-state index >= 15 is 0 Å². The first-order chi connectivity index (χ1) is 8.58. The number of hydrogen-bond donors (Lipinski definition) is 1. The van der Waals surface area contributed by atoms with Gasteiger partial charge in [0.05, 0.1) is 17.9 Å². The van der Waals surface area contributed by atoms with Gasteiger partial charge in [0.15, 0.2) is 0 Å². The summed E-state index contributed by atoms with van der Waals surface area (Å²) < 4.78 is 5.15. The van der Waals surface area contributed by atoms with Crippen molar-refractivity contribution in [3.05, 3.63) is 34.9 Å². The zero-order chi connectivity index (χ0) is 13.5. The van der Waals surface area contributed by atoms with Gasteiger partial charge in [0, 0.05) is 12.1 Å². The highest BCUT2D eigenvalue weighted by atomic mass is 35.5. The Kier molecular flexibility index (Phi) is 6.54. The Morgan fingerprint density at radius 1 is 1.44 bits per heavy atom. The molecule has 0 fully saturated rings. The van der Waals surface area contributed by atoms with Crippen molar-refractivity contribution in [1.82, 2.24) is 5.32 Å². The SMILES string of the molecule is COC[C@H](NC(=O)[C@@H](C)SC)c1ccc(Cl)cc1. The number of methoxy groups -OCH3 is 1. The molecule has 3 nitrogen and oxygen atoms in total. The summed E-state index contributed by atoms with van der Waals surface area (Å²) in [6.07, 6.45) is 1.91. The molecule has 0 aromatic heterocycles. The van der Waals surface area contributed by atoms with Gasteiger partial charge >= 0.3 is 0 Å². The molecule has 1 rings (SSSR count). The van der Waals surface area contributed by atoms with E-state index in [-0.39, 0.29) is 17.2 Å². The molecule has 18 heavy (non-hydrogen) atoms. The molecule has 0 bridgehead atoms. The van der Waals surface area contributed by atoms with E-state index in [0.717, 1.165) is 5.56 Å². The van der Waals surface area contributed by atoms with Gasteiger partial charge in [0.25, 0.3) is 0 Å². The van der Waals surface area contributed by atoms with Crippen LogP contribution in [0.25, 0.3) is 0 Å². The highest BCUT2D eigenvalue weighted by Crippen LogP contribution is 2.18. The highest BCUT2D eigenvalue weighted by Gasteiger charge is 2.18. The number of ether oxygens (including phenoxy) is 1. The van der Waals surface area contributed by atoms with E-state index in [4.69, 9.17) is 16.3 Å². The summed E-state index contributed by atoms with van der Waals surface area (Å²) in [5, 5.41) is 3.58. The molecule has 0 saturated carbocycles. The van der Waals surface area contributed by atoms with Gasteiger partial charge in [-0.15, -0.1) is 0 Å². The van der Waals surface area contributed by atoms with Gasteiger partial charge in [-0.2, -0.15) is 11.8 Å². The van der Waals surface area contributed by atoms with Crippen LogP contribution in [-0.4, -0.2) is 31.1 Å². The van der Waals surface area contributed by atoms with E-state index < -0.39 is 0 Å². The van der Waals surface area contributed by atoms with Crippen molar-refractivity contribution < 1.29 is 9.53 Å². The summed E-state index contributed by atoms with van der Waals surface area (Å²) in [7, 11) is 1.62. The van der Waals surface area contributed by atoms with Gasteiger partial charge in [-0.1, -0.05) is 23.7 Å². The summed E-state index contributed by atoms with van der Waals surface area (Å²) in [6, 6.07) is 7.27. The number of amides is 1.